The Morgan fingerprint density at radius 2 is 1.72 bits per heavy atom. The monoisotopic (exact) mass is 502 g/mol. The normalized spacial score (nSPS) is 56.5. The average molecular weight is 503 g/mol. The zero-order valence-corrected chi connectivity index (χ0v) is 22.6. The number of allylic oxidation sites excluding steroid dienone is 3. The van der Waals surface area contributed by atoms with E-state index in [4.69, 9.17) is 0 Å². The average Bonchev–Trinajstić information content (AvgIpc) is 2.80. The van der Waals surface area contributed by atoms with Gasteiger partial charge in [-0.2, -0.15) is 0 Å². The Morgan fingerprint density at radius 3 is 2.33 bits per heavy atom. The van der Waals surface area contributed by atoms with Gasteiger partial charge in [-0.25, -0.2) is 0 Å². The fourth-order valence-corrected chi connectivity index (χ4v) is 10.9. The summed E-state index contributed by atoms with van der Waals surface area (Å²) in [7, 11) is 0. The molecule has 36 heavy (non-hydrogen) atoms. The van der Waals surface area contributed by atoms with E-state index in [1.807, 2.05) is 0 Å². The van der Waals surface area contributed by atoms with Crippen molar-refractivity contribution in [2.24, 2.45) is 50.7 Å². The molecule has 0 spiro atoms. The molecular weight excluding hydrogens is 456 g/mol. The van der Waals surface area contributed by atoms with Crippen LogP contribution < -0.4 is 0 Å². The number of carboxylic acids is 1. The zero-order valence-electron chi connectivity index (χ0n) is 22.6. The van der Waals surface area contributed by atoms with Crippen molar-refractivity contribution in [1.29, 1.82) is 0 Å². The smallest absolute Gasteiger partial charge is 0.310 e. The van der Waals surface area contributed by atoms with Crippen LogP contribution in [0.1, 0.15) is 79.6 Å². The van der Waals surface area contributed by atoms with E-state index in [1.165, 1.54) is 5.57 Å². The lowest BCUT2D eigenvalue weighted by molar-refractivity contribution is -0.273. The summed E-state index contributed by atoms with van der Waals surface area (Å²) in [6.45, 7) is 14.7. The van der Waals surface area contributed by atoms with Gasteiger partial charge in [-0.05, 0) is 73.0 Å². The summed E-state index contributed by atoms with van der Waals surface area (Å²) in [5.74, 6) is -0.931. The quantitative estimate of drug-likeness (QED) is 0.365. The van der Waals surface area contributed by atoms with Crippen LogP contribution in [0.4, 0.5) is 0 Å². The van der Waals surface area contributed by atoms with E-state index in [0.717, 1.165) is 24.8 Å². The van der Waals surface area contributed by atoms with Crippen LogP contribution in [0.2, 0.25) is 0 Å². The maximum Gasteiger partial charge on any atom is 0.310 e. The maximum atomic E-state index is 12.8. The number of hydrogen-bond donors (Lipinski definition) is 5. The third-order valence-electron chi connectivity index (χ3n) is 13.0. The number of hydrogen-bond acceptors (Lipinski definition) is 5. The molecule has 5 aliphatic rings. The van der Waals surface area contributed by atoms with Crippen molar-refractivity contribution in [3.63, 3.8) is 0 Å². The number of fused-ring (bicyclic) bond motifs is 7. The molecule has 0 aromatic heterocycles. The number of aliphatic hydroxyl groups is 4. The number of carbonyl (C=O) groups is 1. The fraction of sp³-hybridized carbons (Fsp3) is 0.833. The van der Waals surface area contributed by atoms with Crippen molar-refractivity contribution in [2.75, 3.05) is 6.61 Å². The van der Waals surface area contributed by atoms with Crippen LogP contribution in [0.15, 0.2) is 23.8 Å². The Labute approximate surface area is 215 Å². The highest BCUT2D eigenvalue weighted by Crippen LogP contribution is 2.75. The molecule has 0 aromatic carbocycles. The molecule has 0 heterocycles. The number of aliphatic carboxylic acids is 1. The van der Waals surface area contributed by atoms with Gasteiger partial charge in [-0.1, -0.05) is 58.4 Å². The highest BCUT2D eigenvalue weighted by Gasteiger charge is 2.72. The summed E-state index contributed by atoms with van der Waals surface area (Å²) >= 11 is 0. The van der Waals surface area contributed by atoms with E-state index in [1.54, 1.807) is 6.92 Å². The summed E-state index contributed by atoms with van der Waals surface area (Å²) in [6.07, 6.45) is 3.93. The van der Waals surface area contributed by atoms with Gasteiger partial charge in [-0.3, -0.25) is 4.79 Å². The molecule has 4 unspecified atom stereocenters. The van der Waals surface area contributed by atoms with Crippen molar-refractivity contribution >= 4 is 5.97 Å². The van der Waals surface area contributed by atoms with Crippen molar-refractivity contribution < 1.29 is 30.3 Å². The molecule has 0 aliphatic heterocycles. The van der Waals surface area contributed by atoms with Crippen LogP contribution in [0.3, 0.4) is 0 Å². The first-order valence-electron chi connectivity index (χ1n) is 13.9. The molecular formula is C30H46O6. The summed E-state index contributed by atoms with van der Waals surface area (Å²) in [5.41, 5.74) is -0.502. The van der Waals surface area contributed by atoms with E-state index in [9.17, 15) is 30.3 Å². The van der Waals surface area contributed by atoms with Gasteiger partial charge in [0.05, 0.1) is 30.3 Å². The molecule has 6 nitrogen and oxygen atoms in total. The van der Waals surface area contributed by atoms with Crippen molar-refractivity contribution in [1.82, 2.24) is 0 Å². The van der Waals surface area contributed by atoms with Crippen LogP contribution in [0, 0.1) is 50.7 Å². The van der Waals surface area contributed by atoms with Crippen LogP contribution >= 0.6 is 0 Å². The molecule has 12 atom stereocenters. The van der Waals surface area contributed by atoms with Gasteiger partial charge < -0.3 is 25.5 Å². The molecule has 5 N–H and O–H groups in total. The minimum absolute atomic E-state index is 0.0852. The van der Waals surface area contributed by atoms with Gasteiger partial charge >= 0.3 is 5.97 Å². The Morgan fingerprint density at radius 1 is 1.06 bits per heavy atom. The van der Waals surface area contributed by atoms with Gasteiger partial charge in [0, 0.05) is 17.3 Å². The van der Waals surface area contributed by atoms with E-state index in [-0.39, 0.29) is 41.1 Å². The molecule has 5 rings (SSSR count). The lowest BCUT2D eigenvalue weighted by Gasteiger charge is -2.72. The largest absolute Gasteiger partial charge is 0.481 e. The van der Waals surface area contributed by atoms with E-state index >= 15 is 0 Å². The highest BCUT2D eigenvalue weighted by molar-refractivity contribution is 5.77. The highest BCUT2D eigenvalue weighted by atomic mass is 16.4. The second-order valence-electron chi connectivity index (χ2n) is 14.2. The molecule has 6 heteroatoms. The standard InChI is InChI=1S/C30H46O6/c1-16-9-10-30(25(35)36)12-11-28(5)18(22(30)17(16)2)7-8-21-26(3)13-20(33)24(34)27(4,15-31)23(26)19(32)14-29(21,28)6/h7,17,19-24,31-34H,1,8-15H2,2-6H3,(H,35,36)/t17-,19?,20+,21?,22?,23?,24-,26+,27-,28+,29+,30-/m0/s1. The van der Waals surface area contributed by atoms with E-state index in [2.05, 4.69) is 40.3 Å². The Hall–Kier alpha value is -1.21. The number of rotatable bonds is 2. The minimum atomic E-state index is -1.09. The van der Waals surface area contributed by atoms with Gasteiger partial charge in [0.25, 0.3) is 0 Å². The molecule has 0 saturated heterocycles. The second kappa shape index (κ2) is 7.91. The number of aliphatic hydroxyl groups excluding tert-OH is 4. The molecule has 0 radical (unpaired) electrons. The van der Waals surface area contributed by atoms with Crippen LogP contribution in [-0.4, -0.2) is 56.4 Å². The van der Waals surface area contributed by atoms with Crippen LogP contribution in [0.5, 0.6) is 0 Å². The van der Waals surface area contributed by atoms with Crippen molar-refractivity contribution in [3.05, 3.63) is 23.8 Å². The SMILES string of the molecule is C=C1CC[C@]2(C(=O)O)CC[C@]3(C)C(=CCC4[C@@]5(C)C[C@@H](O)[C@H](O)[C@@](C)(CO)C5C(O)C[C@]43C)C2[C@H]1C. The first-order valence-corrected chi connectivity index (χ1v) is 13.9. The van der Waals surface area contributed by atoms with Gasteiger partial charge in [-0.15, -0.1) is 0 Å². The first kappa shape index (κ1) is 26.4. The summed E-state index contributed by atoms with van der Waals surface area (Å²) in [6, 6.07) is 0. The lowest BCUT2D eigenvalue weighted by Crippen LogP contribution is -2.71. The summed E-state index contributed by atoms with van der Waals surface area (Å²) < 4.78 is 0. The van der Waals surface area contributed by atoms with Gasteiger partial charge in [0.2, 0.25) is 0 Å². The molecule has 0 amide bonds. The molecule has 4 fully saturated rings. The Kier molecular flexibility index (Phi) is 5.80. The Bertz CT molecular complexity index is 1010. The van der Waals surface area contributed by atoms with Gasteiger partial charge in [0.1, 0.15) is 0 Å². The van der Waals surface area contributed by atoms with Crippen molar-refractivity contribution in [3.8, 4) is 0 Å². The Balaban J connectivity index is 1.66. The topological polar surface area (TPSA) is 118 Å². The first-order chi connectivity index (χ1) is 16.6. The lowest BCUT2D eigenvalue weighted by atomic mass is 9.32. The van der Waals surface area contributed by atoms with Gasteiger partial charge in [0.15, 0.2) is 0 Å². The molecule has 5 aliphatic carbocycles. The minimum Gasteiger partial charge on any atom is -0.481 e. The second-order valence-corrected chi connectivity index (χ2v) is 14.2. The maximum absolute atomic E-state index is 12.8. The summed E-state index contributed by atoms with van der Waals surface area (Å²) in [4.78, 5) is 12.8. The van der Waals surface area contributed by atoms with Crippen LogP contribution in [-0.2, 0) is 4.79 Å². The third-order valence-corrected chi connectivity index (χ3v) is 13.0. The fourth-order valence-electron chi connectivity index (χ4n) is 10.9. The predicted octanol–water partition coefficient (Wildman–Crippen LogP) is 3.92. The molecule has 0 bridgehead atoms. The molecule has 4 saturated carbocycles. The van der Waals surface area contributed by atoms with Crippen molar-refractivity contribution in [2.45, 2.75) is 97.9 Å². The number of carboxylic acid groups (broad SMARTS) is 1. The molecule has 0 aromatic rings. The van der Waals surface area contributed by atoms with Crippen LogP contribution in [0.25, 0.3) is 0 Å². The third kappa shape index (κ3) is 2.91. The summed E-state index contributed by atoms with van der Waals surface area (Å²) in [5, 5.41) is 54.6. The zero-order chi connectivity index (χ0) is 26.6. The molecule has 202 valence electrons. The van der Waals surface area contributed by atoms with E-state index in [0.29, 0.717) is 25.7 Å². The predicted molar refractivity (Wildman–Crippen MR) is 137 cm³/mol. The van der Waals surface area contributed by atoms with E-state index < -0.39 is 40.5 Å².